The molecule has 0 spiro atoms. The SMILES string of the molecule is N#Cc1ccc(NNC(=O)c2ccc(OCC(N)=O)cc2)c(C(F)(F)F)c1. The largest absolute Gasteiger partial charge is 0.484 e. The molecule has 0 fully saturated rings. The molecule has 2 amide bonds. The van der Waals surface area contributed by atoms with Crippen LogP contribution in [0.1, 0.15) is 21.5 Å². The normalized spacial score (nSPS) is 10.6. The first-order chi connectivity index (χ1) is 12.7. The second-order valence-electron chi connectivity index (χ2n) is 5.23. The van der Waals surface area contributed by atoms with Crippen LogP contribution in [-0.2, 0) is 11.0 Å². The lowest BCUT2D eigenvalue weighted by Crippen LogP contribution is -2.30. The monoisotopic (exact) mass is 378 g/mol. The van der Waals surface area contributed by atoms with Gasteiger partial charge in [-0.15, -0.1) is 0 Å². The fraction of sp³-hybridized carbons (Fsp3) is 0.118. The maximum atomic E-state index is 13.1. The Morgan fingerprint density at radius 2 is 1.81 bits per heavy atom. The van der Waals surface area contributed by atoms with Gasteiger partial charge in [0.05, 0.1) is 22.9 Å². The summed E-state index contributed by atoms with van der Waals surface area (Å²) in [5.41, 5.74) is 7.77. The molecule has 2 aromatic carbocycles. The van der Waals surface area contributed by atoms with Crippen molar-refractivity contribution in [1.29, 1.82) is 5.26 Å². The lowest BCUT2D eigenvalue weighted by molar-refractivity contribution is -0.137. The van der Waals surface area contributed by atoms with E-state index >= 15 is 0 Å². The molecule has 7 nitrogen and oxygen atoms in total. The van der Waals surface area contributed by atoms with Crippen LogP contribution in [0.3, 0.4) is 0 Å². The van der Waals surface area contributed by atoms with Gasteiger partial charge in [0.15, 0.2) is 6.61 Å². The third-order valence-electron chi connectivity index (χ3n) is 3.26. The molecule has 0 unspecified atom stereocenters. The van der Waals surface area contributed by atoms with Crippen molar-refractivity contribution in [2.45, 2.75) is 6.18 Å². The number of hydrazine groups is 1. The standard InChI is InChI=1S/C17H13F3N4O3/c18-17(19,20)13-7-10(8-21)1-6-14(13)23-24-16(26)11-2-4-12(5-3-11)27-9-15(22)25/h1-7,23H,9H2,(H2,22,25)(H,24,26). The number of nitriles is 1. The van der Waals surface area contributed by atoms with Crippen molar-refractivity contribution in [3.8, 4) is 11.8 Å². The number of nitrogens with two attached hydrogens (primary N) is 1. The number of carbonyl (C=O) groups is 2. The summed E-state index contributed by atoms with van der Waals surface area (Å²) in [6, 6.07) is 10.1. The first-order valence-electron chi connectivity index (χ1n) is 7.39. The van der Waals surface area contributed by atoms with Crippen LogP contribution in [0.2, 0.25) is 0 Å². The molecule has 0 saturated carbocycles. The molecule has 0 radical (unpaired) electrons. The highest BCUT2D eigenvalue weighted by Crippen LogP contribution is 2.35. The van der Waals surface area contributed by atoms with E-state index in [4.69, 9.17) is 15.7 Å². The highest BCUT2D eigenvalue weighted by atomic mass is 19.4. The van der Waals surface area contributed by atoms with E-state index < -0.39 is 29.2 Å². The van der Waals surface area contributed by atoms with Crippen molar-refractivity contribution < 1.29 is 27.5 Å². The third-order valence-corrected chi connectivity index (χ3v) is 3.26. The molecule has 0 aliphatic carbocycles. The Kier molecular flexibility index (Phi) is 5.87. The average molecular weight is 378 g/mol. The number of benzene rings is 2. The fourth-order valence-corrected chi connectivity index (χ4v) is 2.01. The maximum absolute atomic E-state index is 13.1. The van der Waals surface area contributed by atoms with E-state index in [1.807, 2.05) is 0 Å². The van der Waals surface area contributed by atoms with Crippen molar-refractivity contribution in [3.63, 3.8) is 0 Å². The van der Waals surface area contributed by atoms with Crippen molar-refractivity contribution >= 4 is 17.5 Å². The van der Waals surface area contributed by atoms with Gasteiger partial charge in [-0.1, -0.05) is 0 Å². The van der Waals surface area contributed by atoms with E-state index in [-0.39, 0.29) is 17.7 Å². The van der Waals surface area contributed by atoms with Crippen LogP contribution in [0.25, 0.3) is 0 Å². The summed E-state index contributed by atoms with van der Waals surface area (Å²) < 4.78 is 44.3. The molecule has 140 valence electrons. The lowest BCUT2D eigenvalue weighted by Gasteiger charge is -2.15. The Labute approximate surface area is 151 Å². The molecule has 27 heavy (non-hydrogen) atoms. The molecule has 0 aliphatic heterocycles. The van der Waals surface area contributed by atoms with Gasteiger partial charge in [-0.3, -0.25) is 20.4 Å². The topological polar surface area (TPSA) is 117 Å². The Bertz CT molecular complexity index is 890. The molecule has 0 saturated heterocycles. The molecule has 0 atom stereocenters. The predicted octanol–water partition coefficient (Wildman–Crippen LogP) is 2.20. The summed E-state index contributed by atoms with van der Waals surface area (Å²) >= 11 is 0. The molecule has 2 rings (SSSR count). The lowest BCUT2D eigenvalue weighted by atomic mass is 10.1. The van der Waals surface area contributed by atoms with Gasteiger partial charge in [-0.2, -0.15) is 18.4 Å². The number of rotatable bonds is 6. The highest BCUT2D eigenvalue weighted by Gasteiger charge is 2.34. The van der Waals surface area contributed by atoms with Crippen LogP contribution >= 0.6 is 0 Å². The van der Waals surface area contributed by atoms with E-state index in [0.717, 1.165) is 6.07 Å². The number of nitrogens with one attached hydrogen (secondary N) is 2. The number of halogens is 3. The van der Waals surface area contributed by atoms with Gasteiger partial charge >= 0.3 is 6.18 Å². The van der Waals surface area contributed by atoms with Crippen LogP contribution in [0.5, 0.6) is 5.75 Å². The Morgan fingerprint density at radius 3 is 2.37 bits per heavy atom. The Hall–Kier alpha value is -3.74. The van der Waals surface area contributed by atoms with E-state index in [2.05, 4.69) is 10.9 Å². The van der Waals surface area contributed by atoms with Gasteiger partial charge in [0, 0.05) is 5.56 Å². The zero-order valence-corrected chi connectivity index (χ0v) is 13.6. The van der Waals surface area contributed by atoms with Gasteiger partial charge in [0.1, 0.15) is 5.75 Å². The summed E-state index contributed by atoms with van der Waals surface area (Å²) in [7, 11) is 0. The summed E-state index contributed by atoms with van der Waals surface area (Å²) in [4.78, 5) is 22.7. The van der Waals surface area contributed by atoms with E-state index in [0.29, 0.717) is 11.8 Å². The Morgan fingerprint density at radius 1 is 1.15 bits per heavy atom. The van der Waals surface area contributed by atoms with E-state index in [1.54, 1.807) is 6.07 Å². The second-order valence-corrected chi connectivity index (χ2v) is 5.23. The molecule has 10 heteroatoms. The van der Waals surface area contributed by atoms with Gasteiger partial charge in [-0.05, 0) is 42.5 Å². The van der Waals surface area contributed by atoms with Crippen molar-refractivity contribution in [2.75, 3.05) is 12.0 Å². The molecule has 0 aliphatic rings. The minimum Gasteiger partial charge on any atom is -0.484 e. The number of anilines is 1. The molecule has 0 bridgehead atoms. The quantitative estimate of drug-likeness (QED) is 0.666. The average Bonchev–Trinajstić information content (AvgIpc) is 2.64. The number of hydrogen-bond acceptors (Lipinski definition) is 5. The number of amides is 2. The number of carbonyl (C=O) groups excluding carboxylic acids is 2. The summed E-state index contributed by atoms with van der Waals surface area (Å²) in [5.74, 6) is -1.07. The number of hydrogen-bond donors (Lipinski definition) is 3. The first-order valence-corrected chi connectivity index (χ1v) is 7.39. The van der Waals surface area contributed by atoms with Gasteiger partial charge in [-0.25, -0.2) is 0 Å². The number of alkyl halides is 3. The highest BCUT2D eigenvalue weighted by molar-refractivity contribution is 5.95. The van der Waals surface area contributed by atoms with Gasteiger partial charge < -0.3 is 10.5 Å². The van der Waals surface area contributed by atoms with Crippen LogP contribution in [0.15, 0.2) is 42.5 Å². The van der Waals surface area contributed by atoms with Crippen molar-refractivity contribution in [3.05, 3.63) is 59.2 Å². The predicted molar refractivity (Wildman–Crippen MR) is 88.4 cm³/mol. The first kappa shape index (κ1) is 19.6. The van der Waals surface area contributed by atoms with E-state index in [1.165, 1.54) is 30.3 Å². The third kappa shape index (κ3) is 5.37. The number of ether oxygens (including phenoxy) is 1. The molecule has 4 N–H and O–H groups in total. The van der Waals surface area contributed by atoms with Crippen molar-refractivity contribution in [1.82, 2.24) is 5.43 Å². The van der Waals surface area contributed by atoms with Crippen LogP contribution in [-0.4, -0.2) is 18.4 Å². The fourth-order valence-electron chi connectivity index (χ4n) is 2.01. The zero-order valence-electron chi connectivity index (χ0n) is 13.6. The number of primary amides is 1. The molecule has 0 aromatic heterocycles. The molecular weight excluding hydrogens is 365 g/mol. The smallest absolute Gasteiger partial charge is 0.418 e. The molecule has 0 heterocycles. The minimum absolute atomic E-state index is 0.135. The minimum atomic E-state index is -4.71. The van der Waals surface area contributed by atoms with Crippen molar-refractivity contribution in [2.24, 2.45) is 5.73 Å². The Balaban J connectivity index is 2.07. The second kappa shape index (κ2) is 8.09. The van der Waals surface area contributed by atoms with Gasteiger partial charge in [0.2, 0.25) is 0 Å². The van der Waals surface area contributed by atoms with Gasteiger partial charge in [0.25, 0.3) is 11.8 Å². The summed E-state index contributed by atoms with van der Waals surface area (Å²) in [6.07, 6.45) is -4.71. The maximum Gasteiger partial charge on any atom is 0.418 e. The van der Waals surface area contributed by atoms with Crippen LogP contribution < -0.4 is 21.3 Å². The molecular formula is C17H13F3N4O3. The molecule has 2 aromatic rings. The van der Waals surface area contributed by atoms with Crippen LogP contribution in [0, 0.1) is 11.3 Å². The summed E-state index contributed by atoms with van der Waals surface area (Å²) in [6.45, 7) is -0.327. The number of nitrogens with zero attached hydrogens (tertiary/aromatic N) is 1. The zero-order chi connectivity index (χ0) is 20.0. The summed E-state index contributed by atoms with van der Waals surface area (Å²) in [5, 5.41) is 8.73. The van der Waals surface area contributed by atoms with Crippen LogP contribution in [0.4, 0.5) is 18.9 Å². The van der Waals surface area contributed by atoms with E-state index in [9.17, 15) is 22.8 Å².